The highest BCUT2D eigenvalue weighted by atomic mass is 19.3. The molecule has 66 valence electrons. The van der Waals surface area contributed by atoms with Gasteiger partial charge in [-0.3, -0.25) is 0 Å². The van der Waals surface area contributed by atoms with Crippen LogP contribution in [-0.2, 0) is 4.74 Å². The Bertz CT molecular complexity index is 128. The maximum Gasteiger partial charge on any atom is 0.282 e. The molecule has 1 aliphatic rings. The Morgan fingerprint density at radius 3 is 2.55 bits per heavy atom. The van der Waals surface area contributed by atoms with Crippen molar-refractivity contribution in [1.82, 2.24) is 5.32 Å². The first kappa shape index (κ1) is 8.83. The lowest BCUT2D eigenvalue weighted by Crippen LogP contribution is -2.50. The Morgan fingerprint density at radius 2 is 2.18 bits per heavy atom. The summed E-state index contributed by atoms with van der Waals surface area (Å²) in [4.78, 5) is 0. The second-order valence-corrected chi connectivity index (χ2v) is 2.63. The van der Waals surface area contributed by atoms with Gasteiger partial charge in [-0.05, 0) is 0 Å². The number of halogens is 2. The molecule has 0 atom stereocenters. The van der Waals surface area contributed by atoms with Gasteiger partial charge in [-0.25, -0.2) is 8.78 Å². The lowest BCUT2D eigenvalue weighted by Gasteiger charge is -2.28. The van der Waals surface area contributed by atoms with E-state index in [1.54, 1.807) is 0 Å². The first-order valence-electron chi connectivity index (χ1n) is 3.44. The standard InChI is InChI=1S/C6H11F2NO2/c7-6(8,4-10)3-9-5-1-11-2-5/h5,9-10H,1-4H2. The molecular weight excluding hydrogens is 156 g/mol. The lowest BCUT2D eigenvalue weighted by molar-refractivity contribution is -0.0655. The van der Waals surface area contributed by atoms with E-state index in [9.17, 15) is 8.78 Å². The number of aliphatic hydroxyl groups is 1. The highest BCUT2D eigenvalue weighted by molar-refractivity contribution is 4.77. The number of alkyl halides is 2. The molecule has 11 heavy (non-hydrogen) atoms. The highest BCUT2D eigenvalue weighted by Gasteiger charge is 2.29. The van der Waals surface area contributed by atoms with Crippen molar-refractivity contribution in [3.05, 3.63) is 0 Å². The van der Waals surface area contributed by atoms with Crippen molar-refractivity contribution >= 4 is 0 Å². The van der Waals surface area contributed by atoms with Crippen LogP contribution >= 0.6 is 0 Å². The van der Waals surface area contributed by atoms with Crippen molar-refractivity contribution < 1.29 is 18.6 Å². The van der Waals surface area contributed by atoms with Crippen LogP contribution in [0.25, 0.3) is 0 Å². The van der Waals surface area contributed by atoms with Crippen LogP contribution in [0.4, 0.5) is 8.78 Å². The third kappa shape index (κ3) is 2.69. The van der Waals surface area contributed by atoms with Gasteiger partial charge in [0.25, 0.3) is 5.92 Å². The Kier molecular flexibility index (Phi) is 2.75. The van der Waals surface area contributed by atoms with Crippen LogP contribution in [0.2, 0.25) is 0 Å². The van der Waals surface area contributed by atoms with E-state index in [-0.39, 0.29) is 6.04 Å². The van der Waals surface area contributed by atoms with Gasteiger partial charge in [0.15, 0.2) is 0 Å². The summed E-state index contributed by atoms with van der Waals surface area (Å²) in [6.07, 6.45) is 0. The van der Waals surface area contributed by atoms with Crippen molar-refractivity contribution in [2.24, 2.45) is 0 Å². The van der Waals surface area contributed by atoms with Gasteiger partial charge in [-0.2, -0.15) is 0 Å². The number of hydrogen-bond acceptors (Lipinski definition) is 3. The molecule has 0 aromatic carbocycles. The molecule has 5 heteroatoms. The summed E-state index contributed by atoms with van der Waals surface area (Å²) in [6, 6.07) is 0.0347. The van der Waals surface area contributed by atoms with Gasteiger partial charge in [0, 0.05) is 0 Å². The fraction of sp³-hybridized carbons (Fsp3) is 1.00. The van der Waals surface area contributed by atoms with Crippen molar-refractivity contribution in [2.75, 3.05) is 26.4 Å². The maximum absolute atomic E-state index is 12.3. The number of ether oxygens (including phenoxy) is 1. The van der Waals surface area contributed by atoms with Crippen LogP contribution in [0.5, 0.6) is 0 Å². The van der Waals surface area contributed by atoms with Gasteiger partial charge in [0.1, 0.15) is 6.61 Å². The zero-order valence-electron chi connectivity index (χ0n) is 6.02. The summed E-state index contributed by atoms with van der Waals surface area (Å²) in [5.41, 5.74) is 0. The second-order valence-electron chi connectivity index (χ2n) is 2.63. The number of nitrogens with one attached hydrogen (secondary N) is 1. The van der Waals surface area contributed by atoms with E-state index in [1.165, 1.54) is 0 Å². The fourth-order valence-electron chi connectivity index (χ4n) is 0.703. The third-order valence-corrected chi connectivity index (χ3v) is 1.52. The summed E-state index contributed by atoms with van der Waals surface area (Å²) >= 11 is 0. The van der Waals surface area contributed by atoms with E-state index >= 15 is 0 Å². The molecular formula is C6H11F2NO2. The van der Waals surface area contributed by atoms with Gasteiger partial charge < -0.3 is 15.2 Å². The van der Waals surface area contributed by atoms with Crippen LogP contribution < -0.4 is 5.32 Å². The normalized spacial score (nSPS) is 19.9. The zero-order chi connectivity index (χ0) is 8.32. The molecule has 1 saturated heterocycles. The van der Waals surface area contributed by atoms with E-state index < -0.39 is 19.1 Å². The van der Waals surface area contributed by atoms with Crippen molar-refractivity contribution in [3.63, 3.8) is 0 Å². The lowest BCUT2D eigenvalue weighted by atomic mass is 10.2. The van der Waals surface area contributed by atoms with Gasteiger partial charge in [0.05, 0.1) is 25.8 Å². The van der Waals surface area contributed by atoms with Crippen LogP contribution in [0, 0.1) is 0 Å². The molecule has 1 heterocycles. The average Bonchev–Trinajstić information content (AvgIpc) is 1.84. The maximum atomic E-state index is 12.3. The molecule has 0 unspecified atom stereocenters. The smallest absolute Gasteiger partial charge is 0.282 e. The molecule has 2 N–H and O–H groups in total. The molecule has 0 aromatic heterocycles. The molecule has 0 aliphatic carbocycles. The summed E-state index contributed by atoms with van der Waals surface area (Å²) in [5.74, 6) is -3.00. The van der Waals surface area contributed by atoms with E-state index in [0.717, 1.165) is 0 Å². The predicted molar refractivity (Wildman–Crippen MR) is 34.6 cm³/mol. The monoisotopic (exact) mass is 167 g/mol. The van der Waals surface area contributed by atoms with E-state index in [0.29, 0.717) is 13.2 Å². The minimum atomic E-state index is -3.00. The zero-order valence-corrected chi connectivity index (χ0v) is 6.02. The predicted octanol–water partition coefficient (Wildman–Crippen LogP) is -0.398. The first-order chi connectivity index (χ1) is 5.14. The molecule has 0 radical (unpaired) electrons. The summed E-state index contributed by atoms with van der Waals surface area (Å²) in [6.45, 7) is -0.603. The minimum Gasteiger partial charge on any atom is -0.390 e. The Morgan fingerprint density at radius 1 is 1.55 bits per heavy atom. The molecule has 3 nitrogen and oxygen atoms in total. The Labute approximate surface area is 63.3 Å². The molecule has 0 bridgehead atoms. The van der Waals surface area contributed by atoms with Gasteiger partial charge in [-0.15, -0.1) is 0 Å². The van der Waals surface area contributed by atoms with Gasteiger partial charge in [0.2, 0.25) is 0 Å². The van der Waals surface area contributed by atoms with Crippen LogP contribution in [0.15, 0.2) is 0 Å². The van der Waals surface area contributed by atoms with Gasteiger partial charge >= 0.3 is 0 Å². The molecule has 1 rings (SSSR count). The molecule has 0 aromatic rings. The van der Waals surface area contributed by atoms with E-state index in [4.69, 9.17) is 9.84 Å². The fourth-order valence-corrected chi connectivity index (χ4v) is 0.703. The summed E-state index contributed by atoms with van der Waals surface area (Å²) in [7, 11) is 0. The molecule has 1 fully saturated rings. The second kappa shape index (κ2) is 3.42. The Balaban J connectivity index is 2.09. The van der Waals surface area contributed by atoms with Gasteiger partial charge in [-0.1, -0.05) is 0 Å². The number of aliphatic hydroxyl groups excluding tert-OH is 1. The van der Waals surface area contributed by atoms with E-state index in [2.05, 4.69) is 5.32 Å². The quantitative estimate of drug-likeness (QED) is 0.598. The molecule has 1 aliphatic heterocycles. The SMILES string of the molecule is OCC(F)(F)CNC1COC1. The van der Waals surface area contributed by atoms with Crippen molar-refractivity contribution in [3.8, 4) is 0 Å². The average molecular weight is 167 g/mol. The topological polar surface area (TPSA) is 41.5 Å². The van der Waals surface area contributed by atoms with Crippen LogP contribution in [-0.4, -0.2) is 43.4 Å². The first-order valence-corrected chi connectivity index (χ1v) is 3.44. The summed E-state index contributed by atoms with van der Waals surface area (Å²) in [5, 5.41) is 10.8. The summed E-state index contributed by atoms with van der Waals surface area (Å²) < 4.78 is 29.4. The highest BCUT2D eigenvalue weighted by Crippen LogP contribution is 2.11. The van der Waals surface area contributed by atoms with E-state index in [1.807, 2.05) is 0 Å². The van der Waals surface area contributed by atoms with Crippen molar-refractivity contribution in [2.45, 2.75) is 12.0 Å². The Hall–Kier alpha value is -0.260. The number of rotatable bonds is 4. The van der Waals surface area contributed by atoms with Crippen LogP contribution in [0.3, 0.4) is 0 Å². The minimum absolute atomic E-state index is 0.0347. The molecule has 0 spiro atoms. The largest absolute Gasteiger partial charge is 0.390 e. The van der Waals surface area contributed by atoms with Crippen LogP contribution in [0.1, 0.15) is 0 Å². The third-order valence-electron chi connectivity index (χ3n) is 1.52. The molecule has 0 amide bonds. The number of hydrogen-bond donors (Lipinski definition) is 2. The van der Waals surface area contributed by atoms with Crippen molar-refractivity contribution in [1.29, 1.82) is 0 Å². The molecule has 0 saturated carbocycles.